The van der Waals surface area contributed by atoms with E-state index in [1.165, 1.54) is 10.9 Å². The third-order valence-electron chi connectivity index (χ3n) is 4.77. The topological polar surface area (TPSA) is 108 Å². The van der Waals surface area contributed by atoms with E-state index in [9.17, 15) is 18.0 Å². The number of carbonyl (C=O) groups is 1. The van der Waals surface area contributed by atoms with E-state index in [0.717, 1.165) is 12.1 Å². The maximum Gasteiger partial charge on any atom is 0.417 e. The summed E-state index contributed by atoms with van der Waals surface area (Å²) in [7, 11) is 3.22. The number of pyridine rings is 1. The summed E-state index contributed by atoms with van der Waals surface area (Å²) in [6.07, 6.45) is -2.25. The molecule has 0 aliphatic carbocycles. The molecule has 0 aliphatic rings. The third-order valence-corrected chi connectivity index (χ3v) is 4.77. The second-order valence-electron chi connectivity index (χ2n) is 6.88. The molecule has 0 bridgehead atoms. The zero-order valence-corrected chi connectivity index (χ0v) is 17.4. The Hall–Kier alpha value is -4.22. The highest BCUT2D eigenvalue weighted by Crippen LogP contribution is 2.30. The second kappa shape index (κ2) is 8.73. The van der Waals surface area contributed by atoms with Gasteiger partial charge in [-0.15, -0.1) is 0 Å². The minimum atomic E-state index is -4.47. The second-order valence-corrected chi connectivity index (χ2v) is 6.88. The predicted octanol–water partition coefficient (Wildman–Crippen LogP) is 3.49. The van der Waals surface area contributed by atoms with E-state index in [1.54, 1.807) is 38.4 Å². The molecule has 12 heteroatoms. The van der Waals surface area contributed by atoms with Crippen LogP contribution in [0, 0.1) is 0 Å². The van der Waals surface area contributed by atoms with Crippen LogP contribution in [0.4, 0.5) is 13.2 Å². The molecule has 0 aliphatic heterocycles. The fourth-order valence-electron chi connectivity index (χ4n) is 2.95. The van der Waals surface area contributed by atoms with Crippen molar-refractivity contribution in [3.05, 3.63) is 65.6 Å². The number of benzene rings is 1. The van der Waals surface area contributed by atoms with Crippen LogP contribution in [-0.4, -0.2) is 37.9 Å². The van der Waals surface area contributed by atoms with E-state index in [0.29, 0.717) is 34.4 Å². The molecule has 33 heavy (non-hydrogen) atoms. The first-order chi connectivity index (χ1) is 15.8. The predicted molar refractivity (Wildman–Crippen MR) is 109 cm³/mol. The Bertz CT molecular complexity index is 1260. The van der Waals surface area contributed by atoms with Gasteiger partial charge >= 0.3 is 6.18 Å². The van der Waals surface area contributed by atoms with E-state index in [4.69, 9.17) is 9.26 Å². The van der Waals surface area contributed by atoms with Gasteiger partial charge in [-0.3, -0.25) is 9.48 Å². The van der Waals surface area contributed by atoms with Gasteiger partial charge in [0, 0.05) is 37.5 Å². The lowest BCUT2D eigenvalue weighted by Gasteiger charge is -2.09. The van der Waals surface area contributed by atoms with Gasteiger partial charge in [0.05, 0.1) is 23.0 Å². The Morgan fingerprint density at radius 2 is 1.91 bits per heavy atom. The molecule has 3 aromatic heterocycles. The van der Waals surface area contributed by atoms with E-state index in [-0.39, 0.29) is 24.3 Å². The van der Waals surface area contributed by atoms with Crippen molar-refractivity contribution in [1.82, 2.24) is 30.2 Å². The number of halogens is 3. The van der Waals surface area contributed by atoms with Crippen LogP contribution in [0.3, 0.4) is 0 Å². The van der Waals surface area contributed by atoms with Crippen molar-refractivity contribution < 1.29 is 27.2 Å². The van der Waals surface area contributed by atoms with E-state index in [2.05, 4.69) is 25.5 Å². The quantitative estimate of drug-likeness (QED) is 0.471. The minimum Gasteiger partial charge on any atom is -0.471 e. The third kappa shape index (κ3) is 4.68. The smallest absolute Gasteiger partial charge is 0.417 e. The highest BCUT2D eigenvalue weighted by molar-refractivity contribution is 5.94. The van der Waals surface area contributed by atoms with Crippen LogP contribution in [0.5, 0.6) is 5.88 Å². The van der Waals surface area contributed by atoms with Crippen LogP contribution < -0.4 is 10.1 Å². The molecule has 0 saturated heterocycles. The molecular weight excluding hydrogens is 441 g/mol. The zero-order chi connectivity index (χ0) is 23.6. The van der Waals surface area contributed by atoms with Crippen molar-refractivity contribution in [2.75, 3.05) is 7.05 Å². The van der Waals surface area contributed by atoms with Crippen molar-refractivity contribution >= 4 is 5.91 Å². The molecule has 0 atom stereocenters. The Kier molecular flexibility index (Phi) is 5.82. The van der Waals surface area contributed by atoms with Crippen molar-refractivity contribution in [2.45, 2.75) is 12.8 Å². The number of aryl methyl sites for hydroxylation is 1. The number of nitrogens with one attached hydrogen (secondary N) is 1. The first-order valence-electron chi connectivity index (χ1n) is 9.60. The number of hydrogen-bond donors (Lipinski definition) is 1. The summed E-state index contributed by atoms with van der Waals surface area (Å²) in [6, 6.07) is 8.72. The fourth-order valence-corrected chi connectivity index (χ4v) is 2.95. The van der Waals surface area contributed by atoms with Gasteiger partial charge in [0.2, 0.25) is 11.7 Å². The molecule has 1 amide bonds. The summed E-state index contributed by atoms with van der Waals surface area (Å²) < 4.78 is 50.5. The molecule has 3 heterocycles. The van der Waals surface area contributed by atoms with E-state index in [1.807, 2.05) is 0 Å². The van der Waals surface area contributed by atoms with Gasteiger partial charge in [0.25, 0.3) is 11.8 Å². The average Bonchev–Trinajstić information content (AvgIpc) is 3.43. The van der Waals surface area contributed by atoms with E-state index < -0.39 is 11.7 Å². The minimum absolute atomic E-state index is 0.0255. The van der Waals surface area contributed by atoms with Crippen molar-refractivity contribution in [3.8, 4) is 28.7 Å². The zero-order valence-electron chi connectivity index (χ0n) is 17.4. The van der Waals surface area contributed by atoms with Crippen molar-refractivity contribution in [3.63, 3.8) is 0 Å². The summed E-state index contributed by atoms with van der Waals surface area (Å²) in [5, 5.41) is 10.7. The van der Waals surface area contributed by atoms with Gasteiger partial charge in [-0.25, -0.2) is 4.98 Å². The maximum atomic E-state index is 12.7. The molecule has 9 nitrogen and oxygen atoms in total. The summed E-state index contributed by atoms with van der Waals surface area (Å²) in [6.45, 7) is -0.0390. The lowest BCUT2D eigenvalue weighted by atomic mass is 10.1. The molecule has 170 valence electrons. The maximum absolute atomic E-state index is 12.7. The van der Waals surface area contributed by atoms with Gasteiger partial charge in [0.15, 0.2) is 0 Å². The highest BCUT2D eigenvalue weighted by Gasteiger charge is 2.30. The lowest BCUT2D eigenvalue weighted by molar-refractivity contribution is -0.137. The normalized spacial score (nSPS) is 11.4. The molecule has 4 aromatic rings. The first kappa shape index (κ1) is 22.0. The number of aromatic nitrogens is 5. The summed E-state index contributed by atoms with van der Waals surface area (Å²) in [5.74, 6) is 0.316. The molecule has 0 spiro atoms. The number of nitrogens with zero attached hydrogens (tertiary/aromatic N) is 5. The number of alkyl halides is 3. The number of ether oxygens (including phenoxy) is 1. The SMILES string of the molecule is CNC(=O)c1ccc(-c2noc(-c3cnn(C)c3COc3ccc(C(F)(F)F)cn3)n2)cc1. The van der Waals surface area contributed by atoms with Gasteiger partial charge in [-0.2, -0.15) is 23.3 Å². The largest absolute Gasteiger partial charge is 0.471 e. The number of rotatable bonds is 6. The molecule has 1 aromatic carbocycles. The van der Waals surface area contributed by atoms with Crippen molar-refractivity contribution in [2.24, 2.45) is 7.05 Å². The molecule has 1 N–H and O–H groups in total. The van der Waals surface area contributed by atoms with Gasteiger partial charge in [-0.05, 0) is 18.2 Å². The monoisotopic (exact) mass is 458 g/mol. The molecule has 4 rings (SSSR count). The summed E-state index contributed by atoms with van der Waals surface area (Å²) in [5.41, 5.74) is 1.34. The highest BCUT2D eigenvalue weighted by atomic mass is 19.4. The summed E-state index contributed by atoms with van der Waals surface area (Å²) in [4.78, 5) is 19.8. The average molecular weight is 458 g/mol. The van der Waals surface area contributed by atoms with Gasteiger partial charge < -0.3 is 14.6 Å². The van der Waals surface area contributed by atoms with Crippen LogP contribution in [0.1, 0.15) is 21.6 Å². The Morgan fingerprint density at radius 1 is 1.15 bits per heavy atom. The fraction of sp³-hybridized carbons (Fsp3) is 0.190. The first-order valence-corrected chi connectivity index (χ1v) is 9.60. The Labute approximate surface area is 185 Å². The molecule has 0 fully saturated rings. The number of carbonyl (C=O) groups excluding carboxylic acids is 1. The van der Waals surface area contributed by atoms with Gasteiger partial charge in [0.1, 0.15) is 6.61 Å². The molecule has 0 unspecified atom stereocenters. The standard InChI is InChI=1S/C21H17F3N6O3/c1-25-19(31)13-5-3-12(4-6-13)18-28-20(33-29-18)15-10-27-30(2)16(15)11-32-17-8-7-14(9-26-17)21(22,23)24/h3-10H,11H2,1-2H3,(H,25,31). The summed E-state index contributed by atoms with van der Waals surface area (Å²) >= 11 is 0. The number of amides is 1. The van der Waals surface area contributed by atoms with Crippen LogP contribution in [0.2, 0.25) is 0 Å². The molecule has 0 radical (unpaired) electrons. The Morgan fingerprint density at radius 3 is 2.55 bits per heavy atom. The van der Waals surface area contributed by atoms with Gasteiger partial charge in [-0.1, -0.05) is 17.3 Å². The Balaban J connectivity index is 1.51. The van der Waals surface area contributed by atoms with Crippen molar-refractivity contribution in [1.29, 1.82) is 0 Å². The molecular formula is C21H17F3N6O3. The van der Waals surface area contributed by atoms with Crippen LogP contribution in [0.15, 0.2) is 53.3 Å². The van der Waals surface area contributed by atoms with Crippen LogP contribution in [-0.2, 0) is 19.8 Å². The van der Waals surface area contributed by atoms with E-state index >= 15 is 0 Å². The van der Waals surface area contributed by atoms with Crippen LogP contribution >= 0.6 is 0 Å². The lowest BCUT2D eigenvalue weighted by Crippen LogP contribution is -2.17. The molecule has 0 saturated carbocycles. The van der Waals surface area contributed by atoms with Crippen LogP contribution in [0.25, 0.3) is 22.8 Å². The number of hydrogen-bond acceptors (Lipinski definition) is 7.